The fourth-order valence-electron chi connectivity index (χ4n) is 2.26. The van der Waals surface area contributed by atoms with E-state index in [2.05, 4.69) is 42.4 Å². The molecule has 0 spiro atoms. The summed E-state index contributed by atoms with van der Waals surface area (Å²) in [5, 5.41) is 4.01. The summed E-state index contributed by atoms with van der Waals surface area (Å²) in [7, 11) is 0. The van der Waals surface area contributed by atoms with Crippen LogP contribution < -0.4 is 10.2 Å². The lowest BCUT2D eigenvalue weighted by atomic mass is 10.2. The highest BCUT2D eigenvalue weighted by atomic mass is 79.9. The number of carbonyl (C=O) groups is 1. The SMILES string of the molecule is O=C(N/N=C/c1cccc(OCc2ccc(Br)cc2)c1)c1ccc(Br)cc1. The second-order valence-electron chi connectivity index (χ2n) is 5.69. The van der Waals surface area contributed by atoms with E-state index in [0.717, 1.165) is 25.8 Å². The fraction of sp³-hybridized carbons (Fsp3) is 0.0476. The zero-order valence-corrected chi connectivity index (χ0v) is 17.4. The number of halogens is 2. The van der Waals surface area contributed by atoms with Crippen molar-refractivity contribution in [3.8, 4) is 5.75 Å². The molecule has 136 valence electrons. The molecule has 0 unspecified atom stereocenters. The lowest BCUT2D eigenvalue weighted by Gasteiger charge is -2.07. The number of nitrogens with one attached hydrogen (secondary N) is 1. The molecule has 0 aliphatic rings. The Morgan fingerprint density at radius 1 is 0.963 bits per heavy atom. The summed E-state index contributed by atoms with van der Waals surface area (Å²) in [4.78, 5) is 12.0. The maximum Gasteiger partial charge on any atom is 0.271 e. The van der Waals surface area contributed by atoms with Crippen molar-refractivity contribution in [2.24, 2.45) is 5.10 Å². The average Bonchev–Trinajstić information content (AvgIpc) is 2.68. The molecule has 0 saturated heterocycles. The summed E-state index contributed by atoms with van der Waals surface area (Å²) >= 11 is 6.76. The number of rotatable bonds is 6. The summed E-state index contributed by atoms with van der Waals surface area (Å²) < 4.78 is 7.77. The Morgan fingerprint density at radius 2 is 1.63 bits per heavy atom. The molecule has 0 atom stereocenters. The molecule has 0 fully saturated rings. The minimum Gasteiger partial charge on any atom is -0.489 e. The number of benzene rings is 3. The van der Waals surface area contributed by atoms with E-state index in [1.807, 2.05) is 60.7 Å². The highest BCUT2D eigenvalue weighted by molar-refractivity contribution is 9.10. The van der Waals surface area contributed by atoms with Crippen LogP contribution in [0.4, 0.5) is 0 Å². The Kier molecular flexibility index (Phi) is 6.79. The number of hydrogen-bond donors (Lipinski definition) is 1. The van der Waals surface area contributed by atoms with Gasteiger partial charge in [-0.15, -0.1) is 0 Å². The molecule has 3 aromatic rings. The van der Waals surface area contributed by atoms with E-state index in [9.17, 15) is 4.79 Å². The first kappa shape index (κ1) is 19.3. The predicted octanol–water partition coefficient (Wildman–Crippen LogP) is 5.55. The van der Waals surface area contributed by atoms with E-state index in [1.165, 1.54) is 0 Å². The van der Waals surface area contributed by atoms with Crippen molar-refractivity contribution in [1.29, 1.82) is 0 Å². The zero-order chi connectivity index (χ0) is 19.1. The lowest BCUT2D eigenvalue weighted by molar-refractivity contribution is 0.0955. The first-order valence-corrected chi connectivity index (χ1v) is 9.75. The Labute approximate surface area is 174 Å². The van der Waals surface area contributed by atoms with E-state index in [0.29, 0.717) is 12.2 Å². The Hall–Kier alpha value is -2.44. The third-order valence-electron chi connectivity index (χ3n) is 3.66. The topological polar surface area (TPSA) is 50.7 Å². The van der Waals surface area contributed by atoms with Crippen molar-refractivity contribution in [3.05, 3.63) is 98.4 Å². The van der Waals surface area contributed by atoms with Gasteiger partial charge in [0, 0.05) is 14.5 Å². The number of ether oxygens (including phenoxy) is 1. The van der Waals surface area contributed by atoms with E-state index >= 15 is 0 Å². The van der Waals surface area contributed by atoms with Gasteiger partial charge in [-0.1, -0.05) is 56.1 Å². The van der Waals surface area contributed by atoms with Crippen molar-refractivity contribution in [2.75, 3.05) is 0 Å². The summed E-state index contributed by atoms with van der Waals surface area (Å²) in [5.41, 5.74) is 4.98. The van der Waals surface area contributed by atoms with Gasteiger partial charge in [0.2, 0.25) is 0 Å². The van der Waals surface area contributed by atoms with Gasteiger partial charge in [0.15, 0.2) is 0 Å². The van der Waals surface area contributed by atoms with Crippen molar-refractivity contribution < 1.29 is 9.53 Å². The highest BCUT2D eigenvalue weighted by Crippen LogP contribution is 2.16. The molecule has 27 heavy (non-hydrogen) atoms. The van der Waals surface area contributed by atoms with Crippen LogP contribution in [0.25, 0.3) is 0 Å². The molecular weight excluding hydrogens is 472 g/mol. The van der Waals surface area contributed by atoms with Gasteiger partial charge in [-0.25, -0.2) is 5.43 Å². The largest absolute Gasteiger partial charge is 0.489 e. The Morgan fingerprint density at radius 3 is 2.33 bits per heavy atom. The number of carbonyl (C=O) groups excluding carboxylic acids is 1. The van der Waals surface area contributed by atoms with E-state index in [1.54, 1.807) is 18.3 Å². The smallest absolute Gasteiger partial charge is 0.271 e. The lowest BCUT2D eigenvalue weighted by Crippen LogP contribution is -2.17. The first-order valence-electron chi connectivity index (χ1n) is 8.16. The summed E-state index contributed by atoms with van der Waals surface area (Å²) in [6.07, 6.45) is 1.59. The van der Waals surface area contributed by atoms with Gasteiger partial charge in [0.1, 0.15) is 12.4 Å². The van der Waals surface area contributed by atoms with Crippen LogP contribution in [0.3, 0.4) is 0 Å². The summed E-state index contributed by atoms with van der Waals surface area (Å²) in [6, 6.07) is 22.6. The van der Waals surface area contributed by atoms with Crippen LogP contribution in [-0.2, 0) is 6.61 Å². The van der Waals surface area contributed by atoms with Crippen LogP contribution in [0.15, 0.2) is 86.8 Å². The zero-order valence-electron chi connectivity index (χ0n) is 14.2. The summed E-state index contributed by atoms with van der Waals surface area (Å²) in [6.45, 7) is 0.480. The molecular formula is C21H16Br2N2O2. The maximum absolute atomic E-state index is 12.0. The average molecular weight is 488 g/mol. The molecule has 0 aliphatic carbocycles. The number of amides is 1. The standard InChI is InChI=1S/C21H16Br2N2O2/c22-18-8-4-15(5-9-18)14-27-20-3-1-2-16(12-20)13-24-25-21(26)17-6-10-19(23)11-7-17/h1-13H,14H2,(H,25,26)/b24-13+. The molecule has 3 rings (SSSR count). The van der Waals surface area contributed by atoms with Gasteiger partial charge in [-0.3, -0.25) is 4.79 Å². The Bertz CT molecular complexity index is 939. The van der Waals surface area contributed by atoms with Crippen LogP contribution >= 0.6 is 31.9 Å². The van der Waals surface area contributed by atoms with Crippen molar-refractivity contribution in [2.45, 2.75) is 6.61 Å². The Balaban J connectivity index is 1.56. The molecule has 0 radical (unpaired) electrons. The highest BCUT2D eigenvalue weighted by Gasteiger charge is 2.03. The number of hydrazone groups is 1. The van der Waals surface area contributed by atoms with Gasteiger partial charge in [-0.05, 0) is 59.7 Å². The van der Waals surface area contributed by atoms with E-state index < -0.39 is 0 Å². The van der Waals surface area contributed by atoms with Crippen molar-refractivity contribution >= 4 is 44.0 Å². The van der Waals surface area contributed by atoms with Gasteiger partial charge >= 0.3 is 0 Å². The monoisotopic (exact) mass is 486 g/mol. The quantitative estimate of drug-likeness (QED) is 0.365. The molecule has 4 nitrogen and oxygen atoms in total. The van der Waals surface area contributed by atoms with Crippen molar-refractivity contribution in [1.82, 2.24) is 5.43 Å². The van der Waals surface area contributed by atoms with Crippen LogP contribution in [0, 0.1) is 0 Å². The normalized spacial score (nSPS) is 10.7. The van der Waals surface area contributed by atoms with Gasteiger partial charge in [-0.2, -0.15) is 5.10 Å². The molecule has 6 heteroatoms. The van der Waals surface area contributed by atoms with Gasteiger partial charge in [0.05, 0.1) is 6.21 Å². The minimum atomic E-state index is -0.263. The third-order valence-corrected chi connectivity index (χ3v) is 4.72. The molecule has 1 amide bonds. The van der Waals surface area contributed by atoms with E-state index in [-0.39, 0.29) is 5.91 Å². The maximum atomic E-state index is 12.0. The summed E-state index contributed by atoms with van der Waals surface area (Å²) in [5.74, 6) is 0.475. The molecule has 3 aromatic carbocycles. The molecule has 1 N–H and O–H groups in total. The van der Waals surface area contributed by atoms with Crippen LogP contribution in [0.5, 0.6) is 5.75 Å². The molecule has 0 bridgehead atoms. The van der Waals surface area contributed by atoms with Gasteiger partial charge < -0.3 is 4.74 Å². The minimum absolute atomic E-state index is 0.263. The second kappa shape index (κ2) is 9.48. The molecule has 0 heterocycles. The molecule has 0 saturated carbocycles. The van der Waals surface area contributed by atoms with Crippen LogP contribution in [0.1, 0.15) is 21.5 Å². The third kappa shape index (κ3) is 6.05. The van der Waals surface area contributed by atoms with E-state index in [4.69, 9.17) is 4.74 Å². The molecule has 0 aromatic heterocycles. The van der Waals surface area contributed by atoms with Gasteiger partial charge in [0.25, 0.3) is 5.91 Å². The second-order valence-corrected chi connectivity index (χ2v) is 7.53. The van der Waals surface area contributed by atoms with Crippen molar-refractivity contribution in [3.63, 3.8) is 0 Å². The predicted molar refractivity (Wildman–Crippen MR) is 114 cm³/mol. The number of hydrogen-bond acceptors (Lipinski definition) is 3. The van der Waals surface area contributed by atoms with Crippen LogP contribution in [-0.4, -0.2) is 12.1 Å². The molecule has 0 aliphatic heterocycles. The van der Waals surface area contributed by atoms with Crippen LogP contribution in [0.2, 0.25) is 0 Å². The fourth-order valence-corrected chi connectivity index (χ4v) is 2.79. The number of nitrogens with zero attached hydrogens (tertiary/aromatic N) is 1. The first-order chi connectivity index (χ1) is 13.1.